The minimum atomic E-state index is 1.10. The zero-order chi connectivity index (χ0) is 7.26. The largest absolute Gasteiger partial charge is 0.155 e. The summed E-state index contributed by atoms with van der Waals surface area (Å²) in [7, 11) is 0. The molecule has 2 saturated carbocycles. The van der Waals surface area contributed by atoms with E-state index in [0.717, 1.165) is 22.3 Å². The molecule has 0 aromatic rings. The van der Waals surface area contributed by atoms with Crippen molar-refractivity contribution in [1.29, 1.82) is 0 Å². The molecule has 1 heteroatoms. The standard InChI is InChI=1S/C10H16S/c1-3-7-8-4-2-6-10(8)11-9(7)5-1/h7-10H,1-6H2/t7-,8-,9-,10?/m1/s1. The molecule has 0 N–H and O–H groups in total. The van der Waals surface area contributed by atoms with Gasteiger partial charge in [0.15, 0.2) is 0 Å². The topological polar surface area (TPSA) is 0 Å². The van der Waals surface area contributed by atoms with Crippen LogP contribution in [0.5, 0.6) is 0 Å². The molecule has 2 aliphatic carbocycles. The van der Waals surface area contributed by atoms with Crippen molar-refractivity contribution in [3.8, 4) is 0 Å². The van der Waals surface area contributed by atoms with Crippen LogP contribution in [-0.4, -0.2) is 10.5 Å². The molecule has 1 heterocycles. The van der Waals surface area contributed by atoms with E-state index >= 15 is 0 Å². The zero-order valence-corrected chi connectivity index (χ0v) is 7.78. The summed E-state index contributed by atoms with van der Waals surface area (Å²) in [5.41, 5.74) is 0. The van der Waals surface area contributed by atoms with Crippen LogP contribution in [-0.2, 0) is 0 Å². The van der Waals surface area contributed by atoms with Gasteiger partial charge >= 0.3 is 0 Å². The van der Waals surface area contributed by atoms with Crippen LogP contribution in [0.25, 0.3) is 0 Å². The van der Waals surface area contributed by atoms with Gasteiger partial charge in [-0.1, -0.05) is 12.8 Å². The molecule has 1 saturated heterocycles. The summed E-state index contributed by atoms with van der Waals surface area (Å²) >= 11 is 2.35. The second kappa shape index (κ2) is 2.42. The summed E-state index contributed by atoms with van der Waals surface area (Å²) in [5, 5.41) is 2.20. The van der Waals surface area contributed by atoms with Crippen LogP contribution in [0.2, 0.25) is 0 Å². The normalized spacial score (nSPS) is 54.5. The SMILES string of the molecule is C1C[C@H]2[C@@H](C1)SC1CCC[C@@H]12. The Morgan fingerprint density at radius 1 is 0.727 bits per heavy atom. The molecule has 3 aliphatic rings. The van der Waals surface area contributed by atoms with Gasteiger partial charge in [0.2, 0.25) is 0 Å². The van der Waals surface area contributed by atoms with E-state index in [9.17, 15) is 0 Å². The van der Waals surface area contributed by atoms with Gasteiger partial charge in [-0.15, -0.1) is 0 Å². The Labute approximate surface area is 73.1 Å². The van der Waals surface area contributed by atoms with Gasteiger partial charge in [0.25, 0.3) is 0 Å². The Bertz CT molecular complexity index is 148. The molecule has 11 heavy (non-hydrogen) atoms. The highest BCUT2D eigenvalue weighted by Gasteiger charge is 2.47. The Balaban J connectivity index is 1.84. The molecular weight excluding hydrogens is 152 g/mol. The quantitative estimate of drug-likeness (QED) is 0.535. The summed E-state index contributed by atoms with van der Waals surface area (Å²) in [6, 6.07) is 0. The highest BCUT2D eigenvalue weighted by Crippen LogP contribution is 2.56. The molecule has 3 rings (SSSR count). The van der Waals surface area contributed by atoms with Gasteiger partial charge < -0.3 is 0 Å². The van der Waals surface area contributed by atoms with E-state index in [2.05, 4.69) is 11.8 Å². The van der Waals surface area contributed by atoms with Crippen LogP contribution in [0.3, 0.4) is 0 Å². The lowest BCUT2D eigenvalue weighted by Crippen LogP contribution is -2.13. The van der Waals surface area contributed by atoms with E-state index in [-0.39, 0.29) is 0 Å². The third-order valence-electron chi connectivity index (χ3n) is 3.91. The van der Waals surface area contributed by atoms with Crippen molar-refractivity contribution >= 4 is 11.8 Å². The fraction of sp³-hybridized carbons (Fsp3) is 1.00. The molecule has 1 aliphatic heterocycles. The highest BCUT2D eigenvalue weighted by atomic mass is 32.2. The molecule has 0 radical (unpaired) electrons. The molecule has 0 spiro atoms. The fourth-order valence-corrected chi connectivity index (χ4v) is 5.59. The number of thioether (sulfide) groups is 1. The maximum Gasteiger partial charge on any atom is 0.00812 e. The predicted molar refractivity (Wildman–Crippen MR) is 49.8 cm³/mol. The maximum atomic E-state index is 2.35. The summed E-state index contributed by atoms with van der Waals surface area (Å²) in [6.07, 6.45) is 9.29. The van der Waals surface area contributed by atoms with Gasteiger partial charge in [-0.3, -0.25) is 0 Å². The smallest absolute Gasteiger partial charge is 0.00812 e. The van der Waals surface area contributed by atoms with E-state index in [1.165, 1.54) is 12.8 Å². The van der Waals surface area contributed by atoms with Crippen molar-refractivity contribution < 1.29 is 0 Å². The van der Waals surface area contributed by atoms with Crippen molar-refractivity contribution in [3.05, 3.63) is 0 Å². The van der Waals surface area contributed by atoms with Crippen molar-refractivity contribution in [2.45, 2.75) is 49.0 Å². The minimum Gasteiger partial charge on any atom is -0.155 e. The highest BCUT2D eigenvalue weighted by molar-refractivity contribution is 8.00. The number of hydrogen-bond donors (Lipinski definition) is 0. The first kappa shape index (κ1) is 6.82. The molecule has 0 aromatic heterocycles. The fourth-order valence-electron chi connectivity index (χ4n) is 3.45. The number of hydrogen-bond acceptors (Lipinski definition) is 1. The van der Waals surface area contributed by atoms with Crippen molar-refractivity contribution in [3.63, 3.8) is 0 Å². The van der Waals surface area contributed by atoms with Crippen LogP contribution in [0, 0.1) is 11.8 Å². The van der Waals surface area contributed by atoms with Crippen molar-refractivity contribution in [2.75, 3.05) is 0 Å². The number of rotatable bonds is 0. The Hall–Kier alpha value is 0.350. The maximum absolute atomic E-state index is 2.35. The van der Waals surface area contributed by atoms with Crippen LogP contribution in [0.4, 0.5) is 0 Å². The molecule has 0 bridgehead atoms. The lowest BCUT2D eigenvalue weighted by molar-refractivity contribution is 0.384. The molecule has 3 fully saturated rings. The van der Waals surface area contributed by atoms with Gasteiger partial charge in [0.05, 0.1) is 0 Å². The first-order valence-electron chi connectivity index (χ1n) is 5.10. The Morgan fingerprint density at radius 2 is 1.27 bits per heavy atom. The second-order valence-electron chi connectivity index (χ2n) is 4.40. The first-order chi connectivity index (χ1) is 5.45. The zero-order valence-electron chi connectivity index (χ0n) is 6.96. The molecule has 0 amide bonds. The van der Waals surface area contributed by atoms with E-state index in [1.807, 2.05) is 0 Å². The third-order valence-corrected chi connectivity index (χ3v) is 5.78. The van der Waals surface area contributed by atoms with E-state index in [0.29, 0.717) is 0 Å². The van der Waals surface area contributed by atoms with Crippen molar-refractivity contribution in [1.82, 2.24) is 0 Å². The summed E-state index contributed by atoms with van der Waals surface area (Å²) < 4.78 is 0. The van der Waals surface area contributed by atoms with Gasteiger partial charge in [0, 0.05) is 10.5 Å². The van der Waals surface area contributed by atoms with E-state index in [4.69, 9.17) is 0 Å². The molecule has 4 atom stereocenters. The molecule has 0 nitrogen and oxygen atoms in total. The van der Waals surface area contributed by atoms with Gasteiger partial charge in [-0.2, -0.15) is 11.8 Å². The average Bonchev–Trinajstić information content (AvgIpc) is 2.52. The monoisotopic (exact) mass is 168 g/mol. The molecule has 0 aromatic carbocycles. The van der Waals surface area contributed by atoms with Gasteiger partial charge in [-0.25, -0.2) is 0 Å². The van der Waals surface area contributed by atoms with Crippen LogP contribution < -0.4 is 0 Å². The van der Waals surface area contributed by atoms with E-state index < -0.39 is 0 Å². The Kier molecular flexibility index (Phi) is 1.50. The summed E-state index contributed by atoms with van der Waals surface area (Å²) in [5.74, 6) is 2.32. The Morgan fingerprint density at radius 3 is 1.82 bits per heavy atom. The van der Waals surface area contributed by atoms with Gasteiger partial charge in [0.1, 0.15) is 0 Å². The number of fused-ring (bicyclic) bond motifs is 3. The van der Waals surface area contributed by atoms with Crippen LogP contribution in [0.15, 0.2) is 0 Å². The van der Waals surface area contributed by atoms with E-state index in [1.54, 1.807) is 25.7 Å². The summed E-state index contributed by atoms with van der Waals surface area (Å²) in [6.45, 7) is 0. The third kappa shape index (κ3) is 0.898. The lowest BCUT2D eigenvalue weighted by Gasteiger charge is -2.14. The molecule has 62 valence electrons. The molecular formula is C10H16S. The predicted octanol–water partition coefficient (Wildman–Crippen LogP) is 3.07. The van der Waals surface area contributed by atoms with Gasteiger partial charge in [-0.05, 0) is 37.5 Å². The lowest BCUT2D eigenvalue weighted by atomic mass is 9.90. The molecule has 1 unspecified atom stereocenters. The van der Waals surface area contributed by atoms with Crippen molar-refractivity contribution in [2.24, 2.45) is 11.8 Å². The average molecular weight is 168 g/mol. The summed E-state index contributed by atoms with van der Waals surface area (Å²) in [4.78, 5) is 0. The van der Waals surface area contributed by atoms with Crippen LogP contribution in [0.1, 0.15) is 38.5 Å². The first-order valence-corrected chi connectivity index (χ1v) is 6.05. The van der Waals surface area contributed by atoms with Crippen LogP contribution >= 0.6 is 11.8 Å². The second-order valence-corrected chi connectivity index (χ2v) is 5.89. The minimum absolute atomic E-state index is 1.10.